The quantitative estimate of drug-likeness (QED) is 0.900. The highest BCUT2D eigenvalue weighted by Crippen LogP contribution is 2.25. The summed E-state index contributed by atoms with van der Waals surface area (Å²) in [6.07, 6.45) is 0.697. The maximum Gasteiger partial charge on any atom is 0.248 e. The van der Waals surface area contributed by atoms with Crippen molar-refractivity contribution in [3.8, 4) is 0 Å². The van der Waals surface area contributed by atoms with Gasteiger partial charge in [-0.25, -0.2) is 0 Å². The van der Waals surface area contributed by atoms with Crippen molar-refractivity contribution in [1.29, 1.82) is 0 Å². The van der Waals surface area contributed by atoms with Crippen LogP contribution < -0.4 is 0 Å². The number of carbonyl (C=O) groups excluding carboxylic acids is 2. The van der Waals surface area contributed by atoms with Gasteiger partial charge >= 0.3 is 0 Å². The third-order valence-corrected chi connectivity index (χ3v) is 4.12. The smallest absolute Gasteiger partial charge is 0.248 e. The summed E-state index contributed by atoms with van der Waals surface area (Å²) >= 11 is 0. The van der Waals surface area contributed by atoms with Crippen LogP contribution in [-0.2, 0) is 16.0 Å². The molecule has 1 aliphatic rings. The van der Waals surface area contributed by atoms with E-state index in [1.165, 1.54) is 0 Å². The fourth-order valence-electron chi connectivity index (χ4n) is 2.87. The lowest BCUT2D eigenvalue weighted by Crippen LogP contribution is -2.54. The molecule has 1 aromatic rings. The Bertz CT molecular complexity index is 520. The Kier molecular flexibility index (Phi) is 5.19. The lowest BCUT2D eigenvalue weighted by Gasteiger charge is -2.38. The molecule has 0 aromatic heterocycles. The molecule has 1 N–H and O–H groups in total. The number of piperazine rings is 1. The second-order valence-corrected chi connectivity index (χ2v) is 6.38. The van der Waals surface area contributed by atoms with Gasteiger partial charge in [0, 0.05) is 31.6 Å². The van der Waals surface area contributed by atoms with Gasteiger partial charge in [0.05, 0.1) is 0 Å². The van der Waals surface area contributed by atoms with Gasteiger partial charge < -0.3 is 14.9 Å². The number of aliphatic hydroxyl groups excluding tert-OH is 1. The highest BCUT2D eigenvalue weighted by molar-refractivity contribution is 5.83. The van der Waals surface area contributed by atoms with Gasteiger partial charge in [-0.2, -0.15) is 0 Å². The molecule has 0 unspecified atom stereocenters. The molecule has 22 heavy (non-hydrogen) atoms. The van der Waals surface area contributed by atoms with E-state index in [4.69, 9.17) is 5.11 Å². The van der Waals surface area contributed by atoms with Crippen molar-refractivity contribution in [2.45, 2.75) is 20.3 Å². The second kappa shape index (κ2) is 6.92. The molecule has 0 saturated carbocycles. The lowest BCUT2D eigenvalue weighted by atomic mass is 9.84. The molecule has 5 nitrogen and oxygen atoms in total. The van der Waals surface area contributed by atoms with Crippen LogP contribution in [0, 0.1) is 5.41 Å². The molecule has 0 aliphatic carbocycles. The van der Waals surface area contributed by atoms with Gasteiger partial charge in [-0.3, -0.25) is 9.59 Å². The first-order valence-electron chi connectivity index (χ1n) is 7.66. The van der Waals surface area contributed by atoms with Crippen molar-refractivity contribution in [2.75, 3.05) is 32.8 Å². The van der Waals surface area contributed by atoms with E-state index in [0.29, 0.717) is 32.6 Å². The van der Waals surface area contributed by atoms with Crippen molar-refractivity contribution < 1.29 is 14.7 Å². The summed E-state index contributed by atoms with van der Waals surface area (Å²) in [4.78, 5) is 27.6. The van der Waals surface area contributed by atoms with E-state index in [-0.39, 0.29) is 11.8 Å². The monoisotopic (exact) mass is 304 g/mol. The molecule has 2 rings (SSSR count). The van der Waals surface area contributed by atoms with E-state index in [1.54, 1.807) is 4.90 Å². The Hall–Kier alpha value is -1.88. The molecule has 120 valence electrons. The number of aliphatic hydroxyl groups is 1. The predicted octanol–water partition coefficient (Wildman–Crippen LogP) is 0.918. The number of nitrogens with zero attached hydrogens (tertiary/aromatic N) is 2. The van der Waals surface area contributed by atoms with Crippen LogP contribution in [0.25, 0.3) is 0 Å². The summed E-state index contributed by atoms with van der Waals surface area (Å²) in [6.45, 7) is 5.51. The molecular formula is C17H24N2O3. The highest BCUT2D eigenvalue weighted by atomic mass is 16.3. The van der Waals surface area contributed by atoms with Gasteiger partial charge in [0.1, 0.15) is 6.61 Å². The topological polar surface area (TPSA) is 60.9 Å². The molecule has 1 heterocycles. The Morgan fingerprint density at radius 1 is 1.05 bits per heavy atom. The second-order valence-electron chi connectivity index (χ2n) is 6.38. The number of hydrogen-bond donors (Lipinski definition) is 1. The zero-order chi connectivity index (χ0) is 16.2. The zero-order valence-corrected chi connectivity index (χ0v) is 13.3. The van der Waals surface area contributed by atoms with Crippen molar-refractivity contribution in [2.24, 2.45) is 5.41 Å². The van der Waals surface area contributed by atoms with E-state index in [0.717, 1.165) is 5.56 Å². The van der Waals surface area contributed by atoms with Crippen molar-refractivity contribution in [3.05, 3.63) is 35.9 Å². The summed E-state index contributed by atoms with van der Waals surface area (Å²) in [6, 6.07) is 10.00. The first kappa shape index (κ1) is 16.5. The van der Waals surface area contributed by atoms with Gasteiger partial charge in [-0.05, 0) is 12.0 Å². The molecular weight excluding hydrogens is 280 g/mol. The van der Waals surface area contributed by atoms with Gasteiger partial charge in [-0.15, -0.1) is 0 Å². The number of benzene rings is 1. The highest BCUT2D eigenvalue weighted by Gasteiger charge is 2.34. The number of hydrogen-bond acceptors (Lipinski definition) is 3. The van der Waals surface area contributed by atoms with E-state index in [2.05, 4.69) is 0 Å². The average Bonchev–Trinajstić information content (AvgIpc) is 2.54. The zero-order valence-electron chi connectivity index (χ0n) is 13.3. The van der Waals surface area contributed by atoms with Gasteiger partial charge in [-0.1, -0.05) is 44.2 Å². The summed E-state index contributed by atoms with van der Waals surface area (Å²) in [5, 5.41) is 8.88. The van der Waals surface area contributed by atoms with Gasteiger partial charge in [0.2, 0.25) is 11.8 Å². The summed E-state index contributed by atoms with van der Waals surface area (Å²) < 4.78 is 0. The molecule has 0 bridgehead atoms. The van der Waals surface area contributed by atoms with E-state index < -0.39 is 12.0 Å². The molecule has 5 heteroatoms. The first-order valence-corrected chi connectivity index (χ1v) is 7.66. The van der Waals surface area contributed by atoms with E-state index >= 15 is 0 Å². The van der Waals surface area contributed by atoms with Crippen LogP contribution in [0.5, 0.6) is 0 Å². The minimum atomic E-state index is -0.468. The molecule has 0 radical (unpaired) electrons. The van der Waals surface area contributed by atoms with Crippen LogP contribution in [-0.4, -0.2) is 59.5 Å². The summed E-state index contributed by atoms with van der Waals surface area (Å²) in [7, 11) is 0. The van der Waals surface area contributed by atoms with Crippen molar-refractivity contribution in [1.82, 2.24) is 9.80 Å². The fraction of sp³-hybridized carbons (Fsp3) is 0.529. The number of amides is 2. The van der Waals surface area contributed by atoms with Crippen LogP contribution in [0.2, 0.25) is 0 Å². The number of carbonyl (C=O) groups is 2. The van der Waals surface area contributed by atoms with Crippen LogP contribution in [0.3, 0.4) is 0 Å². The molecule has 0 spiro atoms. The van der Waals surface area contributed by atoms with Crippen LogP contribution in [0.4, 0.5) is 0 Å². The molecule has 0 atom stereocenters. The Labute approximate surface area is 131 Å². The minimum Gasteiger partial charge on any atom is -0.387 e. The van der Waals surface area contributed by atoms with Crippen LogP contribution >= 0.6 is 0 Å². The van der Waals surface area contributed by atoms with Crippen LogP contribution in [0.1, 0.15) is 19.4 Å². The van der Waals surface area contributed by atoms with Gasteiger partial charge in [0.15, 0.2) is 0 Å². The predicted molar refractivity (Wildman–Crippen MR) is 84.2 cm³/mol. The Morgan fingerprint density at radius 3 is 2.14 bits per heavy atom. The normalized spacial score (nSPS) is 15.8. The summed E-state index contributed by atoms with van der Waals surface area (Å²) in [5.41, 5.74) is 0.680. The molecule has 1 saturated heterocycles. The van der Waals surface area contributed by atoms with Crippen LogP contribution in [0.15, 0.2) is 30.3 Å². The third kappa shape index (κ3) is 3.85. The Balaban J connectivity index is 1.95. The van der Waals surface area contributed by atoms with E-state index in [1.807, 2.05) is 49.1 Å². The minimum absolute atomic E-state index is 0.118. The molecule has 2 amide bonds. The molecule has 1 aliphatic heterocycles. The third-order valence-electron chi connectivity index (χ3n) is 4.12. The van der Waals surface area contributed by atoms with E-state index in [9.17, 15) is 9.59 Å². The molecule has 1 fully saturated rings. The largest absolute Gasteiger partial charge is 0.387 e. The SMILES string of the molecule is CC(C)(Cc1ccccc1)C(=O)N1CCN(C(=O)CO)CC1. The number of rotatable bonds is 4. The van der Waals surface area contributed by atoms with Gasteiger partial charge in [0.25, 0.3) is 0 Å². The van der Waals surface area contributed by atoms with Crippen molar-refractivity contribution >= 4 is 11.8 Å². The maximum absolute atomic E-state index is 12.7. The van der Waals surface area contributed by atoms with Crippen molar-refractivity contribution in [3.63, 3.8) is 0 Å². The summed E-state index contributed by atoms with van der Waals surface area (Å²) in [5.74, 6) is -0.150. The lowest BCUT2D eigenvalue weighted by molar-refractivity contribution is -0.146. The molecule has 1 aromatic carbocycles. The fourth-order valence-corrected chi connectivity index (χ4v) is 2.87. The average molecular weight is 304 g/mol. The maximum atomic E-state index is 12.7. The Morgan fingerprint density at radius 2 is 1.59 bits per heavy atom. The first-order chi connectivity index (χ1) is 10.4. The standard InChI is InChI=1S/C17H24N2O3/c1-17(2,12-14-6-4-3-5-7-14)16(22)19-10-8-18(9-11-19)15(21)13-20/h3-7,20H,8-13H2,1-2H3.